The highest BCUT2D eigenvalue weighted by Crippen LogP contribution is 2.31. The van der Waals surface area contributed by atoms with E-state index in [1.165, 1.54) is 44.2 Å². The fourth-order valence-electron chi connectivity index (χ4n) is 4.05. The van der Waals surface area contributed by atoms with E-state index in [-0.39, 0.29) is 11.7 Å². The maximum absolute atomic E-state index is 13.1. The molecular formula is C19H25ClFNO. The highest BCUT2D eigenvalue weighted by molar-refractivity contribution is 6.31. The molecule has 3 rings (SSSR count). The lowest BCUT2D eigenvalue weighted by Gasteiger charge is -2.31. The third-order valence-electron chi connectivity index (χ3n) is 5.38. The Labute approximate surface area is 143 Å². The number of hydrogen-bond donors (Lipinski definition) is 0. The molecule has 1 aliphatic heterocycles. The summed E-state index contributed by atoms with van der Waals surface area (Å²) in [5, 5.41) is 0.492. The SMILES string of the molecule is O=C1C(CCCc2ccc(F)cc2Cl)CCN1C1CCCCC1. The lowest BCUT2D eigenvalue weighted by atomic mass is 9.94. The van der Waals surface area contributed by atoms with E-state index < -0.39 is 0 Å². The van der Waals surface area contributed by atoms with Gasteiger partial charge >= 0.3 is 0 Å². The number of likely N-dealkylation sites (tertiary alicyclic amines) is 1. The molecular weight excluding hydrogens is 313 g/mol. The van der Waals surface area contributed by atoms with E-state index in [1.54, 1.807) is 6.07 Å². The van der Waals surface area contributed by atoms with Crippen LogP contribution in [0.1, 0.15) is 56.9 Å². The van der Waals surface area contributed by atoms with E-state index in [2.05, 4.69) is 4.90 Å². The molecule has 0 N–H and O–H groups in total. The van der Waals surface area contributed by atoms with E-state index in [9.17, 15) is 9.18 Å². The van der Waals surface area contributed by atoms with Gasteiger partial charge in [-0.05, 0) is 56.2 Å². The number of nitrogens with zero attached hydrogens (tertiary/aromatic N) is 1. The van der Waals surface area contributed by atoms with Crippen LogP contribution in [0.2, 0.25) is 5.02 Å². The standard InChI is InChI=1S/C19H25ClFNO/c20-18-13-16(21)10-9-14(18)5-4-6-15-11-12-22(19(15)23)17-7-2-1-3-8-17/h9-10,13,15,17H,1-8,11-12H2. The van der Waals surface area contributed by atoms with Gasteiger partial charge in [0.1, 0.15) is 5.82 Å². The summed E-state index contributed by atoms with van der Waals surface area (Å²) in [4.78, 5) is 14.8. The quantitative estimate of drug-likeness (QED) is 0.741. The molecule has 126 valence electrons. The van der Waals surface area contributed by atoms with Gasteiger partial charge in [0.2, 0.25) is 5.91 Å². The molecule has 1 aromatic carbocycles. The van der Waals surface area contributed by atoms with Gasteiger partial charge in [-0.25, -0.2) is 4.39 Å². The zero-order valence-electron chi connectivity index (χ0n) is 13.6. The minimum Gasteiger partial charge on any atom is -0.339 e. The van der Waals surface area contributed by atoms with Crippen molar-refractivity contribution in [2.75, 3.05) is 6.54 Å². The van der Waals surface area contributed by atoms with Crippen LogP contribution < -0.4 is 0 Å². The Hall–Kier alpha value is -1.09. The Kier molecular flexibility index (Phi) is 5.58. The molecule has 0 aromatic heterocycles. The summed E-state index contributed by atoms with van der Waals surface area (Å²) < 4.78 is 13.1. The number of aryl methyl sites for hydroxylation is 1. The molecule has 1 saturated heterocycles. The molecule has 1 aliphatic carbocycles. The Morgan fingerprint density at radius 1 is 1.17 bits per heavy atom. The van der Waals surface area contributed by atoms with E-state index in [1.807, 2.05) is 0 Å². The molecule has 2 fully saturated rings. The fraction of sp³-hybridized carbons (Fsp3) is 0.632. The summed E-state index contributed by atoms with van der Waals surface area (Å²) in [5.41, 5.74) is 0.975. The van der Waals surface area contributed by atoms with E-state index in [0.29, 0.717) is 17.0 Å². The molecule has 1 unspecified atom stereocenters. The number of carbonyl (C=O) groups excluding carboxylic acids is 1. The second-order valence-corrected chi connectivity index (χ2v) is 7.34. The highest BCUT2D eigenvalue weighted by Gasteiger charge is 2.35. The molecule has 1 amide bonds. The summed E-state index contributed by atoms with van der Waals surface area (Å²) in [6.07, 6.45) is 9.87. The van der Waals surface area contributed by atoms with Crippen LogP contribution >= 0.6 is 11.6 Å². The van der Waals surface area contributed by atoms with Gasteiger partial charge in [0.05, 0.1) is 0 Å². The average Bonchev–Trinajstić information content (AvgIpc) is 2.91. The van der Waals surface area contributed by atoms with Crippen LogP contribution in [0.15, 0.2) is 18.2 Å². The van der Waals surface area contributed by atoms with E-state index in [4.69, 9.17) is 11.6 Å². The molecule has 1 aromatic rings. The molecule has 1 atom stereocenters. The Morgan fingerprint density at radius 3 is 2.70 bits per heavy atom. The van der Waals surface area contributed by atoms with Gasteiger partial charge in [0, 0.05) is 23.5 Å². The normalized spacial score (nSPS) is 22.8. The van der Waals surface area contributed by atoms with Gasteiger partial charge in [0.25, 0.3) is 0 Å². The van der Waals surface area contributed by atoms with Crippen LogP contribution in [0.4, 0.5) is 4.39 Å². The topological polar surface area (TPSA) is 20.3 Å². The summed E-state index contributed by atoms with van der Waals surface area (Å²) in [5.74, 6) is 0.242. The zero-order valence-corrected chi connectivity index (χ0v) is 14.3. The van der Waals surface area contributed by atoms with Crippen molar-refractivity contribution in [1.82, 2.24) is 4.90 Å². The molecule has 2 nitrogen and oxygen atoms in total. The Bertz CT molecular complexity index is 556. The van der Waals surface area contributed by atoms with Crippen molar-refractivity contribution in [2.24, 2.45) is 5.92 Å². The van der Waals surface area contributed by atoms with Crippen LogP contribution in [0.5, 0.6) is 0 Å². The number of rotatable bonds is 5. The minimum absolute atomic E-state index is 0.177. The second kappa shape index (κ2) is 7.65. The fourth-order valence-corrected chi connectivity index (χ4v) is 4.31. The Morgan fingerprint density at radius 2 is 1.96 bits per heavy atom. The van der Waals surface area contributed by atoms with Gasteiger partial charge in [-0.3, -0.25) is 4.79 Å². The van der Waals surface area contributed by atoms with Crippen LogP contribution in [-0.4, -0.2) is 23.4 Å². The third-order valence-corrected chi connectivity index (χ3v) is 5.73. The molecule has 2 aliphatic rings. The van der Waals surface area contributed by atoms with Gasteiger partial charge in [-0.1, -0.05) is 36.9 Å². The van der Waals surface area contributed by atoms with Crippen LogP contribution in [-0.2, 0) is 11.2 Å². The van der Waals surface area contributed by atoms with Crippen molar-refractivity contribution >= 4 is 17.5 Å². The van der Waals surface area contributed by atoms with Crippen LogP contribution in [0, 0.1) is 11.7 Å². The molecule has 23 heavy (non-hydrogen) atoms. The molecule has 0 bridgehead atoms. The maximum Gasteiger partial charge on any atom is 0.225 e. The predicted molar refractivity (Wildman–Crippen MR) is 91.0 cm³/mol. The van der Waals surface area contributed by atoms with Gasteiger partial charge in [-0.2, -0.15) is 0 Å². The first kappa shape index (κ1) is 16.8. The number of carbonyl (C=O) groups is 1. The van der Waals surface area contributed by atoms with Crippen molar-refractivity contribution in [2.45, 2.75) is 63.8 Å². The first-order chi connectivity index (χ1) is 11.1. The number of amides is 1. The second-order valence-electron chi connectivity index (χ2n) is 6.94. The van der Waals surface area contributed by atoms with E-state index in [0.717, 1.165) is 37.8 Å². The van der Waals surface area contributed by atoms with Crippen molar-refractivity contribution < 1.29 is 9.18 Å². The zero-order chi connectivity index (χ0) is 16.2. The Balaban J connectivity index is 1.48. The van der Waals surface area contributed by atoms with Crippen molar-refractivity contribution in [1.29, 1.82) is 0 Å². The van der Waals surface area contributed by atoms with E-state index >= 15 is 0 Å². The minimum atomic E-state index is -0.298. The monoisotopic (exact) mass is 337 g/mol. The van der Waals surface area contributed by atoms with Gasteiger partial charge in [-0.15, -0.1) is 0 Å². The summed E-state index contributed by atoms with van der Waals surface area (Å²) >= 11 is 6.06. The van der Waals surface area contributed by atoms with Crippen molar-refractivity contribution in [3.63, 3.8) is 0 Å². The smallest absolute Gasteiger partial charge is 0.225 e. The lowest BCUT2D eigenvalue weighted by Crippen LogP contribution is -2.38. The number of halogens is 2. The average molecular weight is 338 g/mol. The first-order valence-corrected chi connectivity index (χ1v) is 9.27. The van der Waals surface area contributed by atoms with Crippen molar-refractivity contribution in [3.05, 3.63) is 34.6 Å². The largest absolute Gasteiger partial charge is 0.339 e. The number of hydrogen-bond acceptors (Lipinski definition) is 1. The predicted octanol–water partition coefficient (Wildman–Crippen LogP) is 4.98. The van der Waals surface area contributed by atoms with Crippen molar-refractivity contribution in [3.8, 4) is 0 Å². The molecule has 0 radical (unpaired) electrons. The molecule has 1 saturated carbocycles. The lowest BCUT2D eigenvalue weighted by molar-refractivity contribution is -0.133. The summed E-state index contributed by atoms with van der Waals surface area (Å²) in [6.45, 7) is 0.936. The molecule has 1 heterocycles. The van der Waals surface area contributed by atoms with Crippen LogP contribution in [0.3, 0.4) is 0 Å². The number of benzene rings is 1. The summed E-state index contributed by atoms with van der Waals surface area (Å²) in [6, 6.07) is 5.06. The summed E-state index contributed by atoms with van der Waals surface area (Å²) in [7, 11) is 0. The molecule has 0 spiro atoms. The van der Waals surface area contributed by atoms with Gasteiger partial charge < -0.3 is 4.90 Å². The third kappa shape index (κ3) is 4.06. The first-order valence-electron chi connectivity index (χ1n) is 8.89. The maximum atomic E-state index is 13.1. The molecule has 4 heteroatoms. The van der Waals surface area contributed by atoms with Gasteiger partial charge in [0.15, 0.2) is 0 Å². The highest BCUT2D eigenvalue weighted by atomic mass is 35.5. The van der Waals surface area contributed by atoms with Crippen LogP contribution in [0.25, 0.3) is 0 Å².